The van der Waals surface area contributed by atoms with E-state index in [2.05, 4.69) is 23.5 Å². The van der Waals surface area contributed by atoms with Gasteiger partial charge in [-0.25, -0.2) is 0 Å². The lowest BCUT2D eigenvalue weighted by atomic mass is 10.0. The Morgan fingerprint density at radius 1 is 0.679 bits per heavy atom. The summed E-state index contributed by atoms with van der Waals surface area (Å²) in [5.74, 6) is 1.72. The fraction of sp³-hybridized carbons (Fsp3) is 0.250. The number of benzene rings is 3. The van der Waals surface area contributed by atoms with Gasteiger partial charge in [0.15, 0.2) is 0 Å². The molecule has 4 nitrogen and oxygen atoms in total. The second-order valence-corrected chi connectivity index (χ2v) is 7.31. The van der Waals surface area contributed by atoms with E-state index in [9.17, 15) is 0 Å². The summed E-state index contributed by atoms with van der Waals surface area (Å²) in [4.78, 5) is 0. The molecule has 0 aliphatic rings. The van der Waals surface area contributed by atoms with E-state index in [1.165, 1.54) is 0 Å². The molecule has 3 N–H and O–H groups in total. The maximum Gasteiger partial charge on any atom is 0.119 e. The highest BCUT2D eigenvalue weighted by Gasteiger charge is 2.06. The number of hydrogen-bond acceptors (Lipinski definition) is 4. The van der Waals surface area contributed by atoms with E-state index in [4.69, 9.17) is 15.2 Å². The highest BCUT2D eigenvalue weighted by Crippen LogP contribution is 2.31. The zero-order valence-corrected chi connectivity index (χ0v) is 16.9. The second kappa shape index (κ2) is 8.70. The first-order chi connectivity index (χ1) is 13.4. The van der Waals surface area contributed by atoms with Gasteiger partial charge in [0, 0.05) is 5.69 Å². The van der Waals surface area contributed by atoms with Crippen molar-refractivity contribution in [3.8, 4) is 22.6 Å². The maximum absolute atomic E-state index is 6.18. The Morgan fingerprint density at radius 2 is 1.18 bits per heavy atom. The summed E-state index contributed by atoms with van der Waals surface area (Å²) in [5, 5.41) is 3.40. The monoisotopic (exact) mass is 376 g/mol. The first-order valence-corrected chi connectivity index (χ1v) is 9.61. The van der Waals surface area contributed by atoms with E-state index >= 15 is 0 Å². The number of nitrogens with one attached hydrogen (secondary N) is 1. The van der Waals surface area contributed by atoms with Gasteiger partial charge in [-0.15, -0.1) is 0 Å². The third kappa shape index (κ3) is 5.19. The Hall–Kier alpha value is -3.14. The number of hydrogen-bond donors (Lipinski definition) is 2. The first-order valence-electron chi connectivity index (χ1n) is 9.61. The average molecular weight is 377 g/mol. The van der Waals surface area contributed by atoms with Crippen molar-refractivity contribution in [1.29, 1.82) is 0 Å². The van der Waals surface area contributed by atoms with E-state index in [-0.39, 0.29) is 12.2 Å². The SMILES string of the molecule is CC(C)Oc1ccc(Nc2cc(-c3ccc(OC(C)C)cc3)ccc2N)cc1. The summed E-state index contributed by atoms with van der Waals surface area (Å²) >= 11 is 0. The van der Waals surface area contributed by atoms with Crippen LogP contribution in [0, 0.1) is 0 Å². The minimum absolute atomic E-state index is 0.156. The zero-order chi connectivity index (χ0) is 20.1. The lowest BCUT2D eigenvalue weighted by Crippen LogP contribution is -2.05. The number of nitrogens with two attached hydrogens (primary N) is 1. The van der Waals surface area contributed by atoms with E-state index in [0.29, 0.717) is 5.69 Å². The van der Waals surface area contributed by atoms with Gasteiger partial charge in [-0.1, -0.05) is 18.2 Å². The highest BCUT2D eigenvalue weighted by atomic mass is 16.5. The van der Waals surface area contributed by atoms with Crippen LogP contribution < -0.4 is 20.5 Å². The molecule has 146 valence electrons. The number of rotatable bonds is 7. The smallest absolute Gasteiger partial charge is 0.119 e. The fourth-order valence-corrected chi connectivity index (χ4v) is 2.89. The summed E-state index contributed by atoms with van der Waals surface area (Å²) in [5.41, 5.74) is 10.9. The van der Waals surface area contributed by atoms with Gasteiger partial charge >= 0.3 is 0 Å². The molecular weight excluding hydrogens is 348 g/mol. The van der Waals surface area contributed by atoms with Crippen LogP contribution in [0.4, 0.5) is 17.1 Å². The Bertz CT molecular complexity index is 901. The number of ether oxygens (including phenoxy) is 2. The van der Waals surface area contributed by atoms with Gasteiger partial charge < -0.3 is 20.5 Å². The van der Waals surface area contributed by atoms with Gasteiger partial charge in [0.1, 0.15) is 11.5 Å². The Balaban J connectivity index is 1.78. The van der Waals surface area contributed by atoms with Crippen molar-refractivity contribution >= 4 is 17.1 Å². The number of nitrogen functional groups attached to an aromatic ring is 1. The quantitative estimate of drug-likeness (QED) is 0.478. The summed E-state index contributed by atoms with van der Waals surface area (Å²) in [7, 11) is 0. The van der Waals surface area contributed by atoms with Crippen LogP contribution in [0.25, 0.3) is 11.1 Å². The maximum atomic E-state index is 6.18. The normalized spacial score (nSPS) is 10.9. The van der Waals surface area contributed by atoms with Gasteiger partial charge in [0.25, 0.3) is 0 Å². The molecule has 0 atom stereocenters. The average Bonchev–Trinajstić information content (AvgIpc) is 2.65. The van der Waals surface area contributed by atoms with Crippen molar-refractivity contribution < 1.29 is 9.47 Å². The van der Waals surface area contributed by atoms with Crippen LogP contribution in [0.5, 0.6) is 11.5 Å². The summed E-state index contributed by atoms with van der Waals surface area (Å²) < 4.78 is 11.4. The molecule has 3 rings (SSSR count). The highest BCUT2D eigenvalue weighted by molar-refractivity contribution is 5.79. The molecule has 3 aromatic rings. The van der Waals surface area contributed by atoms with Crippen molar-refractivity contribution in [3.05, 3.63) is 66.7 Å². The van der Waals surface area contributed by atoms with Gasteiger partial charge in [0.05, 0.1) is 23.6 Å². The third-order valence-electron chi connectivity index (χ3n) is 4.12. The molecule has 0 spiro atoms. The molecule has 0 heterocycles. The molecular formula is C24H28N2O2. The first kappa shape index (κ1) is 19.6. The van der Waals surface area contributed by atoms with Crippen LogP contribution in [-0.2, 0) is 0 Å². The van der Waals surface area contributed by atoms with Crippen LogP contribution >= 0.6 is 0 Å². The summed E-state index contributed by atoms with van der Waals surface area (Å²) in [6.45, 7) is 8.07. The van der Waals surface area contributed by atoms with Gasteiger partial charge in [-0.2, -0.15) is 0 Å². The minimum atomic E-state index is 0.156. The third-order valence-corrected chi connectivity index (χ3v) is 4.12. The second-order valence-electron chi connectivity index (χ2n) is 7.31. The molecule has 3 aromatic carbocycles. The standard InChI is InChI=1S/C24H28N2O2/c1-16(2)27-21-10-5-18(6-11-21)19-7-14-23(25)24(15-19)26-20-8-12-22(13-9-20)28-17(3)4/h5-17,26H,25H2,1-4H3. The van der Waals surface area contributed by atoms with Crippen molar-refractivity contribution in [2.75, 3.05) is 11.1 Å². The van der Waals surface area contributed by atoms with Gasteiger partial charge in [0.2, 0.25) is 0 Å². The van der Waals surface area contributed by atoms with E-state index in [0.717, 1.165) is 34.0 Å². The molecule has 0 aliphatic heterocycles. The molecule has 0 unspecified atom stereocenters. The fourth-order valence-electron chi connectivity index (χ4n) is 2.89. The molecule has 4 heteroatoms. The van der Waals surface area contributed by atoms with Crippen molar-refractivity contribution in [2.45, 2.75) is 39.9 Å². The Morgan fingerprint density at radius 3 is 1.71 bits per heavy atom. The molecule has 0 saturated carbocycles. The van der Waals surface area contributed by atoms with Crippen molar-refractivity contribution in [1.82, 2.24) is 0 Å². The topological polar surface area (TPSA) is 56.5 Å². The van der Waals surface area contributed by atoms with E-state index in [1.54, 1.807) is 0 Å². The summed E-state index contributed by atoms with van der Waals surface area (Å²) in [6, 6.07) is 22.0. The molecule has 0 radical (unpaired) electrons. The Labute approximate surface area is 167 Å². The van der Waals surface area contributed by atoms with Crippen LogP contribution in [0.15, 0.2) is 66.7 Å². The van der Waals surface area contributed by atoms with Crippen LogP contribution in [0.2, 0.25) is 0 Å². The number of anilines is 3. The minimum Gasteiger partial charge on any atom is -0.491 e. The van der Waals surface area contributed by atoms with Gasteiger partial charge in [-0.05, 0) is 87.4 Å². The van der Waals surface area contributed by atoms with E-state index < -0.39 is 0 Å². The lowest BCUT2D eigenvalue weighted by molar-refractivity contribution is 0.242. The molecule has 0 amide bonds. The Kier molecular flexibility index (Phi) is 6.09. The van der Waals surface area contributed by atoms with Crippen LogP contribution in [-0.4, -0.2) is 12.2 Å². The lowest BCUT2D eigenvalue weighted by Gasteiger charge is -2.14. The molecule has 0 saturated heterocycles. The predicted molar refractivity (Wildman–Crippen MR) is 118 cm³/mol. The molecule has 0 aliphatic carbocycles. The molecule has 28 heavy (non-hydrogen) atoms. The van der Waals surface area contributed by atoms with E-state index in [1.807, 2.05) is 76.2 Å². The van der Waals surface area contributed by atoms with Crippen molar-refractivity contribution in [2.24, 2.45) is 0 Å². The molecule has 0 bridgehead atoms. The van der Waals surface area contributed by atoms with Crippen LogP contribution in [0.1, 0.15) is 27.7 Å². The largest absolute Gasteiger partial charge is 0.491 e. The zero-order valence-electron chi connectivity index (χ0n) is 16.9. The molecule has 0 fully saturated rings. The van der Waals surface area contributed by atoms with Crippen molar-refractivity contribution in [3.63, 3.8) is 0 Å². The predicted octanol–water partition coefficient (Wildman–Crippen LogP) is 6.25. The molecule has 0 aromatic heterocycles. The van der Waals surface area contributed by atoms with Crippen LogP contribution in [0.3, 0.4) is 0 Å². The van der Waals surface area contributed by atoms with Gasteiger partial charge in [-0.3, -0.25) is 0 Å². The summed E-state index contributed by atoms with van der Waals surface area (Å²) in [6.07, 6.45) is 0.318.